The van der Waals surface area contributed by atoms with Gasteiger partial charge in [-0.25, -0.2) is 0 Å². The van der Waals surface area contributed by atoms with E-state index in [4.69, 9.17) is 9.26 Å². The molecule has 0 spiro atoms. The van der Waals surface area contributed by atoms with Gasteiger partial charge < -0.3 is 19.7 Å². The summed E-state index contributed by atoms with van der Waals surface area (Å²) in [5, 5.41) is 16.9. The second kappa shape index (κ2) is 5.79. The number of β-amino-alcohol motifs (C(OH)–C–C–N with tert-alkyl or cyclic N) is 1. The number of hydrogen-bond donors (Lipinski definition) is 2. The van der Waals surface area contributed by atoms with Gasteiger partial charge in [-0.3, -0.25) is 0 Å². The maximum atomic E-state index is 9.57. The minimum Gasteiger partial charge on any atom is -0.392 e. The minimum atomic E-state index is -0.393. The van der Waals surface area contributed by atoms with Gasteiger partial charge in [0.25, 0.3) is 0 Å². The smallest absolute Gasteiger partial charge is 0.243 e. The molecule has 0 unspecified atom stereocenters. The standard InChI is InChI=1S/C14H23N3O3/c1-19-14(6-4-2-3-5-7-14)13-16-12(20-17-13)11-8-10(18)9-15-11/h10-11,15,18H,2-9H2,1H3/t10-,11+/m1/s1. The van der Waals surface area contributed by atoms with Crippen molar-refractivity contribution in [2.24, 2.45) is 0 Å². The van der Waals surface area contributed by atoms with Crippen molar-refractivity contribution in [3.63, 3.8) is 0 Å². The van der Waals surface area contributed by atoms with Gasteiger partial charge in [0.15, 0.2) is 0 Å². The van der Waals surface area contributed by atoms with E-state index in [-0.39, 0.29) is 12.1 Å². The summed E-state index contributed by atoms with van der Waals surface area (Å²) in [7, 11) is 1.74. The summed E-state index contributed by atoms with van der Waals surface area (Å²) in [4.78, 5) is 4.56. The fraction of sp³-hybridized carbons (Fsp3) is 0.857. The van der Waals surface area contributed by atoms with Crippen molar-refractivity contribution in [3.05, 3.63) is 11.7 Å². The van der Waals surface area contributed by atoms with Crippen LogP contribution in [0.3, 0.4) is 0 Å². The first-order chi connectivity index (χ1) is 9.73. The van der Waals surface area contributed by atoms with Crippen molar-refractivity contribution in [1.29, 1.82) is 0 Å². The van der Waals surface area contributed by atoms with Gasteiger partial charge in [-0.05, 0) is 19.3 Å². The minimum absolute atomic E-state index is 0.0362. The number of hydrogen-bond acceptors (Lipinski definition) is 6. The zero-order valence-electron chi connectivity index (χ0n) is 12.0. The molecular formula is C14H23N3O3. The number of ether oxygens (including phenoxy) is 1. The van der Waals surface area contributed by atoms with E-state index in [9.17, 15) is 5.11 Å². The Balaban J connectivity index is 1.80. The average Bonchev–Trinajstić information content (AvgIpc) is 3.03. The molecule has 2 aliphatic rings. The van der Waals surface area contributed by atoms with Crippen molar-refractivity contribution in [2.75, 3.05) is 13.7 Å². The van der Waals surface area contributed by atoms with Crippen LogP contribution in [0.5, 0.6) is 0 Å². The molecule has 0 aromatic carbocycles. The van der Waals surface area contributed by atoms with E-state index in [0.29, 0.717) is 24.7 Å². The van der Waals surface area contributed by atoms with Crippen LogP contribution < -0.4 is 5.32 Å². The fourth-order valence-corrected chi connectivity index (χ4v) is 3.29. The molecular weight excluding hydrogens is 258 g/mol. The van der Waals surface area contributed by atoms with Crippen LogP contribution in [0.25, 0.3) is 0 Å². The number of aliphatic hydroxyl groups excluding tert-OH is 1. The molecule has 1 aromatic heterocycles. The lowest BCUT2D eigenvalue weighted by atomic mass is 9.93. The van der Waals surface area contributed by atoms with Crippen LogP contribution in [0.1, 0.15) is 62.7 Å². The molecule has 1 aliphatic carbocycles. The Morgan fingerprint density at radius 1 is 1.30 bits per heavy atom. The number of aromatic nitrogens is 2. The quantitative estimate of drug-likeness (QED) is 0.820. The van der Waals surface area contributed by atoms with Gasteiger partial charge in [0.2, 0.25) is 11.7 Å². The lowest BCUT2D eigenvalue weighted by Gasteiger charge is -2.27. The van der Waals surface area contributed by atoms with E-state index < -0.39 is 5.60 Å². The molecule has 6 heteroatoms. The van der Waals surface area contributed by atoms with Gasteiger partial charge in [0.1, 0.15) is 5.60 Å². The molecule has 20 heavy (non-hydrogen) atoms. The molecule has 3 rings (SSSR count). The summed E-state index contributed by atoms with van der Waals surface area (Å²) in [6, 6.07) is -0.0362. The lowest BCUT2D eigenvalue weighted by molar-refractivity contribution is -0.0365. The Morgan fingerprint density at radius 3 is 2.65 bits per heavy atom. The highest BCUT2D eigenvalue weighted by molar-refractivity contribution is 5.05. The summed E-state index contributed by atoms with van der Waals surface area (Å²) in [5.41, 5.74) is -0.393. The van der Waals surface area contributed by atoms with Gasteiger partial charge in [-0.2, -0.15) is 4.98 Å². The molecule has 1 saturated heterocycles. The molecule has 2 fully saturated rings. The summed E-state index contributed by atoms with van der Waals surface area (Å²) >= 11 is 0. The molecule has 0 bridgehead atoms. The van der Waals surface area contributed by atoms with Gasteiger partial charge in [-0.1, -0.05) is 30.8 Å². The lowest BCUT2D eigenvalue weighted by Crippen LogP contribution is -2.29. The zero-order chi connectivity index (χ0) is 14.0. The van der Waals surface area contributed by atoms with Crippen molar-refractivity contribution in [1.82, 2.24) is 15.5 Å². The third-order valence-electron chi connectivity index (χ3n) is 4.56. The van der Waals surface area contributed by atoms with E-state index in [0.717, 1.165) is 25.7 Å². The highest BCUT2D eigenvalue weighted by Crippen LogP contribution is 2.38. The van der Waals surface area contributed by atoms with E-state index in [2.05, 4.69) is 15.5 Å². The maximum absolute atomic E-state index is 9.57. The normalized spacial score (nSPS) is 30.3. The van der Waals surface area contributed by atoms with Crippen molar-refractivity contribution in [2.45, 2.75) is 62.7 Å². The van der Waals surface area contributed by atoms with Crippen LogP contribution in [0.15, 0.2) is 4.52 Å². The first-order valence-electron chi connectivity index (χ1n) is 7.54. The van der Waals surface area contributed by atoms with Crippen LogP contribution in [0, 0.1) is 0 Å². The number of methoxy groups -OCH3 is 1. The van der Waals surface area contributed by atoms with Crippen LogP contribution in [0.2, 0.25) is 0 Å². The first kappa shape index (κ1) is 14.0. The van der Waals surface area contributed by atoms with Gasteiger partial charge in [0.05, 0.1) is 12.1 Å². The van der Waals surface area contributed by atoms with Crippen LogP contribution in [-0.2, 0) is 10.3 Å². The third kappa shape index (κ3) is 2.60. The second-order valence-electron chi connectivity index (χ2n) is 5.92. The Hall–Kier alpha value is -0.980. The molecule has 112 valence electrons. The highest BCUT2D eigenvalue weighted by atomic mass is 16.5. The van der Waals surface area contributed by atoms with Crippen LogP contribution in [0.4, 0.5) is 0 Å². The van der Waals surface area contributed by atoms with Gasteiger partial charge >= 0.3 is 0 Å². The number of nitrogens with one attached hydrogen (secondary N) is 1. The molecule has 2 atom stereocenters. The third-order valence-corrected chi connectivity index (χ3v) is 4.56. The molecule has 1 aromatic rings. The first-order valence-corrected chi connectivity index (χ1v) is 7.54. The van der Waals surface area contributed by atoms with Crippen LogP contribution in [-0.4, -0.2) is 35.0 Å². The summed E-state index contributed by atoms with van der Waals surface area (Å²) < 4.78 is 11.2. The van der Waals surface area contributed by atoms with Gasteiger partial charge in [-0.15, -0.1) is 0 Å². The number of rotatable bonds is 3. The fourth-order valence-electron chi connectivity index (χ4n) is 3.29. The summed E-state index contributed by atoms with van der Waals surface area (Å²) in [6.07, 6.45) is 6.95. The van der Waals surface area contributed by atoms with E-state index in [1.165, 1.54) is 12.8 Å². The van der Waals surface area contributed by atoms with E-state index in [1.54, 1.807) is 7.11 Å². The maximum Gasteiger partial charge on any atom is 0.243 e. The van der Waals surface area contributed by atoms with Crippen LogP contribution >= 0.6 is 0 Å². The highest BCUT2D eigenvalue weighted by Gasteiger charge is 2.39. The Morgan fingerprint density at radius 2 is 2.05 bits per heavy atom. The van der Waals surface area contributed by atoms with E-state index >= 15 is 0 Å². The predicted octanol–water partition coefficient (Wildman–Crippen LogP) is 1.66. The molecule has 0 radical (unpaired) electrons. The monoisotopic (exact) mass is 281 g/mol. The molecule has 1 saturated carbocycles. The van der Waals surface area contributed by atoms with Crippen molar-refractivity contribution >= 4 is 0 Å². The molecule has 2 N–H and O–H groups in total. The van der Waals surface area contributed by atoms with Crippen molar-refractivity contribution < 1.29 is 14.4 Å². The summed E-state index contributed by atoms with van der Waals surface area (Å²) in [5.74, 6) is 1.23. The molecule has 0 amide bonds. The SMILES string of the molecule is COC1(c2noc([C@@H]3C[C@@H](O)CN3)n2)CCCCCC1. The molecule has 2 heterocycles. The molecule has 1 aliphatic heterocycles. The second-order valence-corrected chi connectivity index (χ2v) is 5.92. The molecule has 6 nitrogen and oxygen atoms in total. The Bertz CT molecular complexity index is 441. The predicted molar refractivity (Wildman–Crippen MR) is 72.1 cm³/mol. The topological polar surface area (TPSA) is 80.4 Å². The number of nitrogens with zero attached hydrogens (tertiary/aromatic N) is 2. The number of aliphatic hydroxyl groups is 1. The summed E-state index contributed by atoms with van der Waals surface area (Å²) in [6.45, 7) is 0.581. The largest absolute Gasteiger partial charge is 0.392 e. The van der Waals surface area contributed by atoms with Crippen molar-refractivity contribution in [3.8, 4) is 0 Å². The Labute approximate surface area is 118 Å². The Kier molecular flexibility index (Phi) is 4.05. The van der Waals surface area contributed by atoms with E-state index in [1.807, 2.05) is 0 Å². The van der Waals surface area contributed by atoms with Gasteiger partial charge in [0, 0.05) is 13.7 Å². The average molecular weight is 281 g/mol. The zero-order valence-corrected chi connectivity index (χ0v) is 12.0.